The summed E-state index contributed by atoms with van der Waals surface area (Å²) in [5, 5.41) is 2.52. The smallest absolute Gasteiger partial charge is 0.242 e. The van der Waals surface area contributed by atoms with Gasteiger partial charge in [-0.3, -0.25) is 9.59 Å². The molecule has 0 atom stereocenters. The van der Waals surface area contributed by atoms with Gasteiger partial charge in [0.2, 0.25) is 11.8 Å². The Morgan fingerprint density at radius 2 is 2.10 bits per heavy atom. The molecule has 20 heavy (non-hydrogen) atoms. The number of hydrogen-bond donors (Lipinski definition) is 1. The third-order valence-electron chi connectivity index (χ3n) is 3.62. The molecule has 1 aromatic carbocycles. The van der Waals surface area contributed by atoms with E-state index < -0.39 is 0 Å². The van der Waals surface area contributed by atoms with Crippen molar-refractivity contribution in [3.8, 4) is 0 Å². The zero-order valence-electron chi connectivity index (χ0n) is 12.1. The average molecular weight is 275 g/mol. The fraction of sp³-hybridized carbons (Fsp3) is 0.467. The molecular weight excluding hydrogens is 254 g/mol. The number of nitrogens with one attached hydrogen (secondary N) is 1. The van der Waals surface area contributed by atoms with Crippen LogP contribution in [0.15, 0.2) is 24.3 Å². The topological polar surface area (TPSA) is 52.7 Å². The predicted molar refractivity (Wildman–Crippen MR) is 78.7 cm³/mol. The first-order valence-electron chi connectivity index (χ1n) is 6.89. The van der Waals surface area contributed by atoms with Crippen LogP contribution >= 0.6 is 0 Å². The first-order valence-corrected chi connectivity index (χ1v) is 6.89. The van der Waals surface area contributed by atoms with Gasteiger partial charge < -0.3 is 15.1 Å². The average Bonchev–Trinajstić information content (AvgIpc) is 2.47. The molecule has 1 N–H and O–H groups in total. The van der Waals surface area contributed by atoms with Crippen LogP contribution in [0.4, 0.5) is 5.69 Å². The quantitative estimate of drug-likeness (QED) is 0.877. The third kappa shape index (κ3) is 3.29. The number of hydrogen-bond acceptors (Lipinski definition) is 3. The molecule has 2 rings (SSSR count). The van der Waals surface area contributed by atoms with Gasteiger partial charge in [0, 0.05) is 26.3 Å². The maximum atomic E-state index is 12.2. The van der Waals surface area contributed by atoms with Gasteiger partial charge in [-0.15, -0.1) is 0 Å². The Balaban J connectivity index is 2.00. The molecule has 5 heteroatoms. The first kappa shape index (κ1) is 14.4. The van der Waals surface area contributed by atoms with Crippen LogP contribution in [-0.2, 0) is 16.0 Å². The number of anilines is 1. The van der Waals surface area contributed by atoms with Crippen LogP contribution in [0.1, 0.15) is 12.0 Å². The molecule has 0 spiro atoms. The van der Waals surface area contributed by atoms with E-state index >= 15 is 0 Å². The highest BCUT2D eigenvalue weighted by Gasteiger charge is 2.20. The zero-order chi connectivity index (χ0) is 14.5. The van der Waals surface area contributed by atoms with Crippen LogP contribution < -0.4 is 10.2 Å². The molecule has 0 radical (unpaired) electrons. The molecule has 0 aromatic heterocycles. The molecule has 108 valence electrons. The van der Waals surface area contributed by atoms with Gasteiger partial charge in [-0.25, -0.2) is 0 Å². The van der Waals surface area contributed by atoms with Crippen LogP contribution in [0.3, 0.4) is 0 Å². The number of para-hydroxylation sites is 1. The van der Waals surface area contributed by atoms with Gasteiger partial charge in [0.1, 0.15) is 0 Å². The summed E-state index contributed by atoms with van der Waals surface area (Å²) in [5.41, 5.74) is 2.43. The van der Waals surface area contributed by atoms with Gasteiger partial charge in [-0.05, 0) is 24.5 Å². The van der Waals surface area contributed by atoms with Crippen molar-refractivity contribution < 1.29 is 9.59 Å². The van der Waals surface area contributed by atoms with Crippen molar-refractivity contribution in [2.75, 3.05) is 38.6 Å². The molecular formula is C15H21N3O2. The van der Waals surface area contributed by atoms with E-state index in [0.29, 0.717) is 6.54 Å². The fourth-order valence-corrected chi connectivity index (χ4v) is 2.44. The number of rotatable bonds is 4. The summed E-state index contributed by atoms with van der Waals surface area (Å²) in [5.74, 6) is -0.190. The van der Waals surface area contributed by atoms with Crippen LogP contribution in [0.25, 0.3) is 0 Å². The lowest BCUT2D eigenvalue weighted by atomic mass is 10.0. The van der Waals surface area contributed by atoms with Crippen LogP contribution in [-0.4, -0.2) is 50.4 Å². The molecule has 0 saturated heterocycles. The molecule has 2 amide bonds. The van der Waals surface area contributed by atoms with Crippen molar-refractivity contribution in [3.63, 3.8) is 0 Å². The predicted octanol–water partition coefficient (Wildman–Crippen LogP) is 0.644. The Labute approximate surface area is 119 Å². The van der Waals surface area contributed by atoms with E-state index in [0.717, 1.165) is 25.1 Å². The van der Waals surface area contributed by atoms with Gasteiger partial charge in [-0.1, -0.05) is 18.2 Å². The monoisotopic (exact) mass is 275 g/mol. The Bertz CT molecular complexity index is 502. The number of aryl methyl sites for hydroxylation is 1. The highest BCUT2D eigenvalue weighted by Crippen LogP contribution is 2.26. The Morgan fingerprint density at radius 3 is 2.85 bits per heavy atom. The SMILES string of the molecule is CNC(=O)CN(C)C(=O)CN1CCCc2ccccc21. The summed E-state index contributed by atoms with van der Waals surface area (Å²) in [6, 6.07) is 8.19. The molecule has 1 heterocycles. The second kappa shape index (κ2) is 6.41. The maximum absolute atomic E-state index is 12.2. The van der Waals surface area contributed by atoms with E-state index in [9.17, 15) is 9.59 Å². The minimum atomic E-state index is -0.153. The van der Waals surface area contributed by atoms with Crippen LogP contribution in [0.2, 0.25) is 0 Å². The van der Waals surface area contributed by atoms with Crippen molar-refractivity contribution >= 4 is 17.5 Å². The Hall–Kier alpha value is -2.04. The maximum Gasteiger partial charge on any atom is 0.242 e. The molecule has 0 unspecified atom stereocenters. The second-order valence-electron chi connectivity index (χ2n) is 5.08. The summed E-state index contributed by atoms with van der Waals surface area (Å²) >= 11 is 0. The van der Waals surface area contributed by atoms with Crippen molar-refractivity contribution in [2.24, 2.45) is 0 Å². The molecule has 1 aromatic rings. The zero-order valence-corrected chi connectivity index (χ0v) is 12.1. The van der Waals surface area contributed by atoms with Crippen molar-refractivity contribution in [3.05, 3.63) is 29.8 Å². The van der Waals surface area contributed by atoms with E-state index in [1.807, 2.05) is 12.1 Å². The highest BCUT2D eigenvalue weighted by molar-refractivity contribution is 5.87. The van der Waals surface area contributed by atoms with E-state index in [1.165, 1.54) is 10.5 Å². The summed E-state index contributed by atoms with van der Waals surface area (Å²) in [4.78, 5) is 27.0. The Morgan fingerprint density at radius 1 is 1.35 bits per heavy atom. The number of benzene rings is 1. The standard InChI is InChI=1S/C15H21N3O2/c1-16-14(19)10-17(2)15(20)11-18-9-5-7-12-6-3-4-8-13(12)18/h3-4,6,8H,5,7,9-11H2,1-2H3,(H,16,19). The van der Waals surface area contributed by atoms with Crippen molar-refractivity contribution in [2.45, 2.75) is 12.8 Å². The number of carbonyl (C=O) groups excluding carboxylic acids is 2. The third-order valence-corrected chi connectivity index (χ3v) is 3.62. The second-order valence-corrected chi connectivity index (χ2v) is 5.08. The van der Waals surface area contributed by atoms with E-state index in [4.69, 9.17) is 0 Å². The van der Waals surface area contributed by atoms with Crippen molar-refractivity contribution in [1.29, 1.82) is 0 Å². The number of fused-ring (bicyclic) bond motifs is 1. The van der Waals surface area contributed by atoms with Gasteiger partial charge in [0.25, 0.3) is 0 Å². The Kier molecular flexibility index (Phi) is 4.61. The number of carbonyl (C=O) groups is 2. The number of nitrogens with zero attached hydrogens (tertiary/aromatic N) is 2. The molecule has 0 fully saturated rings. The molecule has 1 aliphatic rings. The van der Waals surface area contributed by atoms with Crippen molar-refractivity contribution in [1.82, 2.24) is 10.2 Å². The summed E-state index contributed by atoms with van der Waals surface area (Å²) < 4.78 is 0. The van der Waals surface area contributed by atoms with Crippen LogP contribution in [0, 0.1) is 0 Å². The van der Waals surface area contributed by atoms with Crippen LogP contribution in [0.5, 0.6) is 0 Å². The lowest BCUT2D eigenvalue weighted by molar-refractivity contribution is -0.133. The van der Waals surface area contributed by atoms with Gasteiger partial charge in [0.05, 0.1) is 13.1 Å². The summed E-state index contributed by atoms with van der Waals surface area (Å²) in [7, 11) is 3.23. The van der Waals surface area contributed by atoms with E-state index in [1.54, 1.807) is 14.1 Å². The van der Waals surface area contributed by atoms with Gasteiger partial charge in [-0.2, -0.15) is 0 Å². The largest absolute Gasteiger partial charge is 0.362 e. The molecule has 0 bridgehead atoms. The molecule has 5 nitrogen and oxygen atoms in total. The van der Waals surface area contributed by atoms with E-state index in [2.05, 4.69) is 22.3 Å². The minimum absolute atomic E-state index is 0.0368. The van der Waals surface area contributed by atoms with Gasteiger partial charge >= 0.3 is 0 Å². The molecule has 1 aliphatic heterocycles. The lowest BCUT2D eigenvalue weighted by Crippen LogP contribution is -2.43. The fourth-order valence-electron chi connectivity index (χ4n) is 2.44. The lowest BCUT2D eigenvalue weighted by Gasteiger charge is -2.31. The highest BCUT2D eigenvalue weighted by atomic mass is 16.2. The normalized spacial score (nSPS) is 13.6. The number of amides is 2. The molecule has 0 saturated carbocycles. The first-order chi connectivity index (χ1) is 9.61. The summed E-state index contributed by atoms with van der Waals surface area (Å²) in [6.07, 6.45) is 2.12. The molecule has 0 aliphatic carbocycles. The van der Waals surface area contributed by atoms with Gasteiger partial charge in [0.15, 0.2) is 0 Å². The minimum Gasteiger partial charge on any atom is -0.362 e. The van der Waals surface area contributed by atoms with E-state index in [-0.39, 0.29) is 18.4 Å². The number of likely N-dealkylation sites (N-methyl/N-ethyl adjacent to an activating group) is 2. The summed E-state index contributed by atoms with van der Waals surface area (Å²) in [6.45, 7) is 1.31.